The van der Waals surface area contributed by atoms with E-state index in [9.17, 15) is 4.79 Å². The van der Waals surface area contributed by atoms with Crippen LogP contribution in [0.5, 0.6) is 0 Å². The number of hydrogen-bond donors (Lipinski definition) is 3. The van der Waals surface area contributed by atoms with Crippen LogP contribution in [0.3, 0.4) is 0 Å². The van der Waals surface area contributed by atoms with Gasteiger partial charge in [-0.2, -0.15) is 0 Å². The zero-order valence-electron chi connectivity index (χ0n) is 13.6. The molecule has 5 nitrogen and oxygen atoms in total. The van der Waals surface area contributed by atoms with E-state index < -0.39 is 0 Å². The third-order valence-electron chi connectivity index (χ3n) is 3.49. The lowest BCUT2D eigenvalue weighted by molar-refractivity contribution is -0.104. The van der Waals surface area contributed by atoms with Gasteiger partial charge in [0, 0.05) is 23.9 Å². The Morgan fingerprint density at radius 3 is 2.80 bits per heavy atom. The third-order valence-corrected chi connectivity index (χ3v) is 4.52. The predicted molar refractivity (Wildman–Crippen MR) is 107 cm³/mol. The molecule has 8 heteroatoms. The monoisotopic (exact) mass is 396 g/mol. The summed E-state index contributed by atoms with van der Waals surface area (Å²) in [4.78, 5) is 18.3. The van der Waals surface area contributed by atoms with E-state index in [-0.39, 0.29) is 10.3 Å². The summed E-state index contributed by atoms with van der Waals surface area (Å²) in [6.07, 6.45) is 3.90. The number of aromatic nitrogens is 2. The second-order valence-electron chi connectivity index (χ2n) is 5.31. The first-order valence-corrected chi connectivity index (χ1v) is 8.89. The Kier molecular flexibility index (Phi) is 6.99. The Hall–Kier alpha value is -1.89. The molecule has 132 valence electrons. The number of carbonyl (C=O) groups excluding carboxylic acids is 1. The Morgan fingerprint density at radius 2 is 2.16 bits per heavy atom. The van der Waals surface area contributed by atoms with E-state index in [1.165, 1.54) is 6.08 Å². The normalized spacial score (nSPS) is 11.4. The molecule has 0 amide bonds. The minimum Gasteiger partial charge on any atom is -0.398 e. The molecule has 0 fully saturated rings. The number of nitrogens with two attached hydrogens (primary N) is 1. The molecule has 0 spiro atoms. The van der Waals surface area contributed by atoms with Gasteiger partial charge in [0.15, 0.2) is 0 Å². The zero-order chi connectivity index (χ0) is 18.4. The predicted octanol–water partition coefficient (Wildman–Crippen LogP) is 4.82. The lowest BCUT2D eigenvalue weighted by Gasteiger charge is -2.14. The van der Waals surface area contributed by atoms with E-state index in [2.05, 4.69) is 22.2 Å². The summed E-state index contributed by atoms with van der Waals surface area (Å²) in [5.41, 5.74) is 8.06. The van der Waals surface area contributed by atoms with Crippen LogP contribution in [0.2, 0.25) is 10.0 Å². The second-order valence-corrected chi connectivity index (χ2v) is 6.51. The summed E-state index contributed by atoms with van der Waals surface area (Å²) in [6.45, 7) is 2.86. The molecule has 0 atom stereocenters. The van der Waals surface area contributed by atoms with Crippen molar-refractivity contribution < 1.29 is 4.79 Å². The fraction of sp³-hybridized carbons (Fsp3) is 0.235. The SMILES string of the molecule is CCCCNc1nc(=S)c(/C(N)=C/C=O)c(-c2ccc(Cl)c(Cl)c2)[nH]1. The van der Waals surface area contributed by atoms with Crippen LogP contribution in [0.25, 0.3) is 17.0 Å². The fourth-order valence-corrected chi connectivity index (χ4v) is 2.84. The lowest BCUT2D eigenvalue weighted by Crippen LogP contribution is -2.10. The lowest BCUT2D eigenvalue weighted by atomic mass is 10.0. The Morgan fingerprint density at radius 1 is 1.40 bits per heavy atom. The highest BCUT2D eigenvalue weighted by atomic mass is 35.5. The maximum atomic E-state index is 10.8. The van der Waals surface area contributed by atoms with E-state index in [1.807, 2.05) is 0 Å². The smallest absolute Gasteiger partial charge is 0.201 e. The molecule has 2 aromatic rings. The summed E-state index contributed by atoms with van der Waals surface area (Å²) in [5, 5.41) is 4.04. The van der Waals surface area contributed by atoms with E-state index in [0.29, 0.717) is 33.5 Å². The second kappa shape index (κ2) is 8.99. The van der Waals surface area contributed by atoms with Gasteiger partial charge in [-0.3, -0.25) is 4.79 Å². The minimum absolute atomic E-state index is 0.227. The zero-order valence-corrected chi connectivity index (χ0v) is 15.9. The quantitative estimate of drug-likeness (QED) is 0.270. The van der Waals surface area contributed by atoms with Gasteiger partial charge >= 0.3 is 0 Å². The Bertz CT molecular complexity index is 864. The number of anilines is 1. The molecule has 0 bridgehead atoms. The Labute approximate surface area is 161 Å². The number of nitrogens with zero attached hydrogens (tertiary/aromatic N) is 1. The molecule has 2 rings (SSSR count). The number of carbonyl (C=O) groups is 1. The maximum Gasteiger partial charge on any atom is 0.201 e. The number of unbranched alkanes of at least 4 members (excludes halogenated alkanes) is 1. The molecule has 1 heterocycles. The summed E-state index contributed by atoms with van der Waals surface area (Å²) in [5.74, 6) is 0.530. The summed E-state index contributed by atoms with van der Waals surface area (Å²) in [7, 11) is 0. The molecular weight excluding hydrogens is 379 g/mol. The molecule has 1 aromatic heterocycles. The number of aromatic amines is 1. The number of aldehydes is 1. The van der Waals surface area contributed by atoms with Crippen LogP contribution >= 0.6 is 35.4 Å². The number of H-pyrrole nitrogens is 1. The molecule has 0 aliphatic heterocycles. The van der Waals surface area contributed by atoms with Gasteiger partial charge in [0.25, 0.3) is 0 Å². The van der Waals surface area contributed by atoms with Crippen molar-refractivity contribution in [2.75, 3.05) is 11.9 Å². The highest BCUT2D eigenvalue weighted by Gasteiger charge is 2.14. The van der Waals surface area contributed by atoms with Crippen LogP contribution < -0.4 is 11.1 Å². The highest BCUT2D eigenvalue weighted by molar-refractivity contribution is 7.71. The van der Waals surface area contributed by atoms with Crippen molar-refractivity contribution >= 4 is 53.4 Å². The number of rotatable bonds is 7. The van der Waals surface area contributed by atoms with Gasteiger partial charge in [0.1, 0.15) is 10.9 Å². The molecule has 0 radical (unpaired) electrons. The summed E-state index contributed by atoms with van der Waals surface area (Å²) >= 11 is 17.5. The van der Waals surface area contributed by atoms with Crippen LogP contribution in [0.1, 0.15) is 25.3 Å². The van der Waals surface area contributed by atoms with Gasteiger partial charge in [-0.1, -0.05) is 54.8 Å². The average Bonchev–Trinajstić information content (AvgIpc) is 2.57. The number of nitrogens with one attached hydrogen (secondary N) is 2. The number of halogens is 2. The first-order valence-electron chi connectivity index (χ1n) is 7.72. The van der Waals surface area contributed by atoms with Crippen LogP contribution in [-0.2, 0) is 4.79 Å². The molecule has 25 heavy (non-hydrogen) atoms. The van der Waals surface area contributed by atoms with Gasteiger partial charge < -0.3 is 16.0 Å². The fourth-order valence-electron chi connectivity index (χ4n) is 2.23. The molecule has 0 aliphatic rings. The van der Waals surface area contributed by atoms with E-state index in [0.717, 1.165) is 24.9 Å². The van der Waals surface area contributed by atoms with Crippen molar-refractivity contribution in [3.8, 4) is 11.3 Å². The van der Waals surface area contributed by atoms with Crippen molar-refractivity contribution in [1.82, 2.24) is 9.97 Å². The van der Waals surface area contributed by atoms with Crippen LogP contribution in [0, 0.1) is 4.64 Å². The number of allylic oxidation sites excluding steroid dienone is 1. The maximum absolute atomic E-state index is 10.8. The van der Waals surface area contributed by atoms with Gasteiger partial charge in [-0.25, -0.2) is 4.98 Å². The van der Waals surface area contributed by atoms with E-state index in [4.69, 9.17) is 41.2 Å². The standard InChI is InChI=1S/C17H18Cl2N4OS/c1-2-3-7-21-17-22-15(10-4-5-11(18)12(19)9-10)14(16(25)23-17)13(20)6-8-24/h4-6,8-9H,2-3,7,20H2,1H3,(H2,21,22,23,25)/b13-6-. The largest absolute Gasteiger partial charge is 0.398 e. The van der Waals surface area contributed by atoms with Crippen LogP contribution in [0.15, 0.2) is 24.3 Å². The van der Waals surface area contributed by atoms with E-state index in [1.54, 1.807) is 18.2 Å². The van der Waals surface area contributed by atoms with Crippen molar-refractivity contribution in [2.45, 2.75) is 19.8 Å². The van der Waals surface area contributed by atoms with E-state index >= 15 is 0 Å². The Balaban J connectivity index is 2.62. The van der Waals surface area contributed by atoms with Gasteiger partial charge in [0.05, 0.1) is 21.3 Å². The van der Waals surface area contributed by atoms with Crippen LogP contribution in [0.4, 0.5) is 5.95 Å². The topological polar surface area (TPSA) is 83.8 Å². The van der Waals surface area contributed by atoms with Gasteiger partial charge in [-0.15, -0.1) is 0 Å². The molecule has 0 saturated heterocycles. The molecular formula is C17H18Cl2N4OS. The number of hydrogen-bond acceptors (Lipinski definition) is 5. The molecule has 4 N–H and O–H groups in total. The third kappa shape index (κ3) is 4.81. The highest BCUT2D eigenvalue weighted by Crippen LogP contribution is 2.31. The van der Waals surface area contributed by atoms with Crippen molar-refractivity contribution in [3.63, 3.8) is 0 Å². The molecule has 0 saturated carbocycles. The summed E-state index contributed by atoms with van der Waals surface area (Å²) < 4.78 is 0.287. The first-order chi connectivity index (χ1) is 12.0. The first kappa shape index (κ1) is 19.4. The molecule has 0 unspecified atom stereocenters. The van der Waals surface area contributed by atoms with Crippen molar-refractivity contribution in [2.24, 2.45) is 5.73 Å². The minimum atomic E-state index is 0.227. The van der Waals surface area contributed by atoms with Crippen LogP contribution in [-0.4, -0.2) is 22.8 Å². The van der Waals surface area contributed by atoms with Crippen molar-refractivity contribution in [3.05, 3.63) is 44.5 Å². The van der Waals surface area contributed by atoms with Gasteiger partial charge in [0.2, 0.25) is 5.95 Å². The number of benzene rings is 1. The molecule has 0 aliphatic carbocycles. The average molecular weight is 397 g/mol. The summed E-state index contributed by atoms with van der Waals surface area (Å²) in [6, 6.07) is 5.18. The molecule has 1 aromatic carbocycles. The van der Waals surface area contributed by atoms with Crippen molar-refractivity contribution in [1.29, 1.82) is 0 Å². The van der Waals surface area contributed by atoms with Gasteiger partial charge in [-0.05, 0) is 18.6 Å².